The molecule has 4 aromatic rings. The number of carbonyl (C=O) groups excluding carboxylic acids is 2. The molecule has 1 atom stereocenters. The Morgan fingerprint density at radius 2 is 1.35 bits per heavy atom. The van der Waals surface area contributed by atoms with E-state index in [1.807, 2.05) is 97.1 Å². The van der Waals surface area contributed by atoms with Crippen LogP contribution in [0.4, 0.5) is 37.7 Å². The van der Waals surface area contributed by atoms with Gasteiger partial charge in [-0.1, -0.05) is 60.7 Å². The zero-order valence-electron chi connectivity index (χ0n) is 29.4. The van der Waals surface area contributed by atoms with Crippen molar-refractivity contribution in [2.24, 2.45) is 5.73 Å². The molecule has 11 nitrogen and oxygen atoms in total. The summed E-state index contributed by atoms with van der Waals surface area (Å²) in [6, 6.07) is 30.6. The Morgan fingerprint density at radius 1 is 0.818 bits per heavy atom. The summed E-state index contributed by atoms with van der Waals surface area (Å²) in [6.45, 7) is 3.99. The Labute approximate surface area is 311 Å². The fourth-order valence-electron chi connectivity index (χ4n) is 5.10. The number of benzene rings is 4. The van der Waals surface area contributed by atoms with E-state index in [1.165, 1.54) is 0 Å². The molecule has 294 valence electrons. The molecule has 0 radical (unpaired) electrons. The molecule has 0 unspecified atom stereocenters. The molecule has 1 aliphatic heterocycles. The van der Waals surface area contributed by atoms with Crippen LogP contribution >= 0.6 is 0 Å². The van der Waals surface area contributed by atoms with Crippen LogP contribution in [0.5, 0.6) is 11.5 Å². The largest absolute Gasteiger partial charge is 0.490 e. The molecule has 7 N–H and O–H groups in total. The third-order valence-electron chi connectivity index (χ3n) is 7.59. The van der Waals surface area contributed by atoms with E-state index in [1.54, 1.807) is 18.7 Å². The molecule has 0 aromatic heterocycles. The molecule has 0 spiro atoms. The normalized spacial score (nSPS) is 14.2. The standard InChI is InChI=1S/C34H36N4O3.2C2HF3O2/c1-34(2,36)21-32(39)37-29-20-15-25-7-3-5-9-30(25)38(33(29)40)22-23-11-13-24(14-12-23)28-8-4-6-10-31(28)41-27-18-16-26(35)17-19-27;2*3-2(4,5)1(6)7/h3-14,16-19,29H,15,20-22,35-36H2,1-2H3,(H,37,39);2*(H,6,7)/t29-;;/m1../s1. The molecular weight excluding hydrogens is 738 g/mol. The van der Waals surface area contributed by atoms with Gasteiger partial charge in [0.05, 0.1) is 6.54 Å². The minimum absolute atomic E-state index is 0.121. The number of aliphatic carboxylic acids is 2. The number of alkyl halides is 6. The number of hydrogen-bond donors (Lipinski definition) is 5. The van der Waals surface area contributed by atoms with Crippen LogP contribution in [0.15, 0.2) is 97.1 Å². The quantitative estimate of drug-likeness (QED) is 0.0921. The van der Waals surface area contributed by atoms with Crippen LogP contribution in [0.25, 0.3) is 11.1 Å². The number of aryl methyl sites for hydroxylation is 1. The minimum atomic E-state index is -5.08. The van der Waals surface area contributed by atoms with Crippen molar-refractivity contribution in [3.8, 4) is 22.6 Å². The first-order valence-corrected chi connectivity index (χ1v) is 16.3. The lowest BCUT2D eigenvalue weighted by atomic mass is 10.0. The maximum Gasteiger partial charge on any atom is 0.490 e. The van der Waals surface area contributed by atoms with Gasteiger partial charge in [0.2, 0.25) is 11.8 Å². The monoisotopic (exact) mass is 776 g/mol. The maximum atomic E-state index is 13.8. The molecular formula is C38H38F6N4O7. The van der Waals surface area contributed by atoms with Gasteiger partial charge >= 0.3 is 24.3 Å². The lowest BCUT2D eigenvalue weighted by Crippen LogP contribution is -2.49. The number of anilines is 2. The van der Waals surface area contributed by atoms with Crippen molar-refractivity contribution in [2.45, 2.75) is 63.6 Å². The van der Waals surface area contributed by atoms with Crippen molar-refractivity contribution in [3.05, 3.63) is 108 Å². The van der Waals surface area contributed by atoms with E-state index in [9.17, 15) is 35.9 Å². The van der Waals surface area contributed by atoms with Crippen LogP contribution in [-0.2, 0) is 32.1 Å². The number of para-hydroxylation sites is 2. The molecule has 0 bridgehead atoms. The van der Waals surface area contributed by atoms with E-state index in [2.05, 4.69) is 5.32 Å². The third kappa shape index (κ3) is 13.7. The highest BCUT2D eigenvalue weighted by atomic mass is 19.4. The van der Waals surface area contributed by atoms with Crippen LogP contribution in [0.3, 0.4) is 0 Å². The van der Waals surface area contributed by atoms with E-state index in [0.717, 1.165) is 33.7 Å². The minimum Gasteiger partial charge on any atom is -0.475 e. The molecule has 55 heavy (non-hydrogen) atoms. The average Bonchev–Trinajstić information content (AvgIpc) is 3.21. The summed E-state index contributed by atoms with van der Waals surface area (Å²) in [5.74, 6) is -4.41. The highest BCUT2D eigenvalue weighted by Crippen LogP contribution is 2.34. The molecule has 5 rings (SSSR count). The van der Waals surface area contributed by atoms with Crippen molar-refractivity contribution in [3.63, 3.8) is 0 Å². The number of amides is 2. The molecule has 1 heterocycles. The van der Waals surface area contributed by atoms with E-state index < -0.39 is 35.9 Å². The number of rotatable bonds is 8. The summed E-state index contributed by atoms with van der Waals surface area (Å²) in [4.78, 5) is 46.0. The Bertz CT molecular complexity index is 1920. The number of ether oxygens (including phenoxy) is 1. The van der Waals surface area contributed by atoms with Gasteiger partial charge in [-0.2, -0.15) is 26.3 Å². The number of nitrogens with one attached hydrogen (secondary N) is 1. The van der Waals surface area contributed by atoms with Crippen LogP contribution in [0.1, 0.15) is 37.8 Å². The SMILES string of the molecule is CC(C)(N)CC(=O)N[C@@H]1CCc2ccccc2N(Cc2ccc(-c3ccccc3Oc3ccc(N)cc3)cc2)C1=O.O=C(O)C(F)(F)F.O=C(O)C(F)(F)F. The van der Waals surface area contributed by atoms with Gasteiger partial charge in [-0.15, -0.1) is 0 Å². The molecule has 0 aliphatic carbocycles. The van der Waals surface area contributed by atoms with E-state index in [-0.39, 0.29) is 18.2 Å². The van der Waals surface area contributed by atoms with E-state index in [4.69, 9.17) is 36.0 Å². The lowest BCUT2D eigenvalue weighted by Gasteiger charge is -2.27. The van der Waals surface area contributed by atoms with Gasteiger partial charge in [-0.25, -0.2) is 9.59 Å². The van der Waals surface area contributed by atoms with Crippen molar-refractivity contribution >= 4 is 35.1 Å². The summed E-state index contributed by atoms with van der Waals surface area (Å²) in [7, 11) is 0. The Balaban J connectivity index is 0.000000494. The summed E-state index contributed by atoms with van der Waals surface area (Å²) in [6.07, 6.45) is -8.79. The number of carboxylic acid groups (broad SMARTS) is 2. The predicted molar refractivity (Wildman–Crippen MR) is 191 cm³/mol. The first-order valence-electron chi connectivity index (χ1n) is 16.3. The summed E-state index contributed by atoms with van der Waals surface area (Å²) >= 11 is 0. The summed E-state index contributed by atoms with van der Waals surface area (Å²) in [5, 5.41) is 17.2. The second-order valence-electron chi connectivity index (χ2n) is 12.8. The number of carboxylic acids is 2. The van der Waals surface area contributed by atoms with E-state index >= 15 is 0 Å². The number of halogens is 6. The Kier molecular flexibility index (Phi) is 14.4. The Hall–Kier alpha value is -6.10. The smallest absolute Gasteiger partial charge is 0.475 e. The molecule has 1 aliphatic rings. The van der Waals surface area contributed by atoms with E-state index in [0.29, 0.717) is 30.8 Å². The first kappa shape index (κ1) is 43.3. The highest BCUT2D eigenvalue weighted by Gasteiger charge is 2.39. The first-order chi connectivity index (χ1) is 25.5. The zero-order chi connectivity index (χ0) is 41.1. The summed E-state index contributed by atoms with van der Waals surface area (Å²) in [5.41, 5.74) is 16.8. The summed E-state index contributed by atoms with van der Waals surface area (Å²) < 4.78 is 69.6. The molecule has 0 saturated carbocycles. The predicted octanol–water partition coefficient (Wildman–Crippen LogP) is 7.09. The molecule has 0 fully saturated rings. The van der Waals surface area contributed by atoms with Crippen molar-refractivity contribution in [1.29, 1.82) is 0 Å². The van der Waals surface area contributed by atoms with Gasteiger partial charge in [0.25, 0.3) is 0 Å². The number of nitrogen functional groups attached to an aromatic ring is 1. The second-order valence-corrected chi connectivity index (χ2v) is 12.8. The zero-order valence-corrected chi connectivity index (χ0v) is 29.4. The lowest BCUT2D eigenvalue weighted by molar-refractivity contribution is -0.193. The van der Waals surface area contributed by atoms with Crippen LogP contribution in [0, 0.1) is 0 Å². The number of carbonyl (C=O) groups is 4. The van der Waals surface area contributed by atoms with Gasteiger partial charge in [0.15, 0.2) is 0 Å². The van der Waals surface area contributed by atoms with Gasteiger partial charge in [-0.05, 0) is 79.8 Å². The maximum absolute atomic E-state index is 13.8. The molecule has 2 amide bonds. The number of fused-ring (bicyclic) bond motifs is 1. The van der Waals surface area contributed by atoms with Crippen LogP contribution in [0.2, 0.25) is 0 Å². The second kappa shape index (κ2) is 18.3. The average molecular weight is 777 g/mol. The number of nitrogens with two attached hydrogens (primary N) is 2. The van der Waals surface area contributed by atoms with Crippen molar-refractivity contribution < 1.29 is 60.5 Å². The third-order valence-corrected chi connectivity index (χ3v) is 7.59. The molecule has 4 aromatic carbocycles. The van der Waals surface area contributed by atoms with Gasteiger partial charge in [-0.3, -0.25) is 9.59 Å². The highest BCUT2D eigenvalue weighted by molar-refractivity contribution is 6.00. The van der Waals surface area contributed by atoms with Gasteiger partial charge < -0.3 is 36.6 Å². The van der Waals surface area contributed by atoms with Crippen LogP contribution in [-0.4, -0.2) is 57.9 Å². The van der Waals surface area contributed by atoms with Gasteiger partial charge in [0, 0.05) is 28.9 Å². The topological polar surface area (TPSA) is 185 Å². The number of hydrogen-bond acceptors (Lipinski definition) is 7. The number of nitrogens with zero attached hydrogens (tertiary/aromatic N) is 1. The van der Waals surface area contributed by atoms with Crippen LogP contribution < -0.4 is 26.4 Å². The van der Waals surface area contributed by atoms with Crippen molar-refractivity contribution in [1.82, 2.24) is 5.32 Å². The van der Waals surface area contributed by atoms with Gasteiger partial charge in [0.1, 0.15) is 17.5 Å². The Morgan fingerprint density at radius 3 is 1.89 bits per heavy atom. The fraction of sp³-hybridized carbons (Fsp3) is 0.263. The van der Waals surface area contributed by atoms with Crippen molar-refractivity contribution in [2.75, 3.05) is 10.6 Å². The fourth-order valence-corrected chi connectivity index (χ4v) is 5.10. The molecule has 0 saturated heterocycles. The molecule has 17 heteroatoms.